The molecule has 0 spiro atoms. The summed E-state index contributed by atoms with van der Waals surface area (Å²) in [5.74, 6) is 1.92. The van der Waals surface area contributed by atoms with Crippen LogP contribution < -0.4 is 19.6 Å². The van der Waals surface area contributed by atoms with Gasteiger partial charge in [-0.25, -0.2) is 0 Å². The van der Waals surface area contributed by atoms with Gasteiger partial charge in [0.15, 0.2) is 17.3 Å². The first-order valence-corrected chi connectivity index (χ1v) is 12.0. The number of unbranched alkanes of at least 4 members (excludes halogenated alkanes) is 2. The molecule has 6 nitrogen and oxygen atoms in total. The van der Waals surface area contributed by atoms with Gasteiger partial charge >= 0.3 is 0 Å². The number of benzene rings is 2. The van der Waals surface area contributed by atoms with E-state index < -0.39 is 0 Å². The van der Waals surface area contributed by atoms with Crippen LogP contribution in [0, 0.1) is 0 Å². The van der Waals surface area contributed by atoms with E-state index in [-0.39, 0.29) is 5.56 Å². The second kappa shape index (κ2) is 10.9. The van der Waals surface area contributed by atoms with Crippen molar-refractivity contribution in [1.82, 2.24) is 14.6 Å². The van der Waals surface area contributed by atoms with Crippen molar-refractivity contribution in [3.8, 4) is 11.5 Å². The lowest BCUT2D eigenvalue weighted by atomic mass is 10.2. The van der Waals surface area contributed by atoms with Crippen LogP contribution in [-0.2, 0) is 0 Å². The maximum Gasteiger partial charge on any atom is 0.291 e. The van der Waals surface area contributed by atoms with Crippen LogP contribution in [0.5, 0.6) is 11.5 Å². The smallest absolute Gasteiger partial charge is 0.291 e. The lowest BCUT2D eigenvalue weighted by Gasteiger charge is -2.12. The van der Waals surface area contributed by atoms with Crippen LogP contribution in [0.4, 0.5) is 0 Å². The summed E-state index contributed by atoms with van der Waals surface area (Å²) in [5.41, 5.74) is 1.74. The summed E-state index contributed by atoms with van der Waals surface area (Å²) in [6, 6.07) is 15.6. The van der Waals surface area contributed by atoms with Crippen molar-refractivity contribution in [2.24, 2.45) is 0 Å². The molecule has 0 radical (unpaired) electrons. The fraction of sp³-hybridized carbons (Fsp3) is 0.269. The normalized spacial score (nSPS) is 12.1. The van der Waals surface area contributed by atoms with E-state index in [9.17, 15) is 4.79 Å². The SMILES string of the molecule is CCCCCOc1ccc(/C=c2\sc3nc(/C=C/c4ccccc4)nn3c2=O)cc1OCC. The third-order valence-electron chi connectivity index (χ3n) is 4.99. The predicted octanol–water partition coefficient (Wildman–Crippen LogP) is 4.84. The van der Waals surface area contributed by atoms with E-state index >= 15 is 0 Å². The molecule has 0 bridgehead atoms. The van der Waals surface area contributed by atoms with E-state index in [0.717, 1.165) is 36.1 Å². The molecule has 4 aromatic rings. The lowest BCUT2D eigenvalue weighted by molar-refractivity contribution is 0.271. The van der Waals surface area contributed by atoms with E-state index in [1.165, 1.54) is 15.9 Å². The molecule has 0 saturated heterocycles. The van der Waals surface area contributed by atoms with Gasteiger partial charge in [-0.3, -0.25) is 4.79 Å². The van der Waals surface area contributed by atoms with Crippen LogP contribution in [0.25, 0.3) is 23.2 Å². The van der Waals surface area contributed by atoms with Gasteiger partial charge in [-0.15, -0.1) is 5.10 Å². The molecule has 2 aromatic carbocycles. The summed E-state index contributed by atoms with van der Waals surface area (Å²) in [7, 11) is 0. The van der Waals surface area contributed by atoms with Gasteiger partial charge < -0.3 is 9.47 Å². The van der Waals surface area contributed by atoms with Crippen LogP contribution in [0.1, 0.15) is 50.1 Å². The van der Waals surface area contributed by atoms with Gasteiger partial charge in [0.05, 0.1) is 17.7 Å². The standard InChI is InChI=1S/C26H27N3O3S/c1-3-5-9-16-32-21-14-12-20(17-22(21)31-4-2)18-23-25(30)29-26(33-23)27-24(28-29)15-13-19-10-7-6-8-11-19/h6-8,10-15,17-18H,3-5,9,16H2,1-2H3/b15-13+,23-18-. The zero-order chi connectivity index (χ0) is 23.0. The Labute approximate surface area is 196 Å². The number of ether oxygens (including phenoxy) is 2. The van der Waals surface area contributed by atoms with E-state index in [1.807, 2.05) is 73.7 Å². The van der Waals surface area contributed by atoms with E-state index in [4.69, 9.17) is 9.47 Å². The molecular formula is C26H27N3O3S. The molecule has 4 rings (SSSR count). The molecule has 7 heteroatoms. The van der Waals surface area contributed by atoms with Crippen molar-refractivity contribution in [2.45, 2.75) is 33.1 Å². The van der Waals surface area contributed by atoms with Crippen LogP contribution in [0.3, 0.4) is 0 Å². The largest absolute Gasteiger partial charge is 0.490 e. The first kappa shape index (κ1) is 22.7. The highest BCUT2D eigenvalue weighted by Gasteiger charge is 2.10. The summed E-state index contributed by atoms with van der Waals surface area (Å²) in [6.07, 6.45) is 8.88. The zero-order valence-electron chi connectivity index (χ0n) is 18.9. The minimum Gasteiger partial charge on any atom is -0.490 e. The monoisotopic (exact) mass is 461 g/mol. The van der Waals surface area contributed by atoms with Crippen molar-refractivity contribution < 1.29 is 9.47 Å². The minimum atomic E-state index is -0.181. The zero-order valence-corrected chi connectivity index (χ0v) is 19.7. The maximum atomic E-state index is 12.9. The Bertz CT molecular complexity index is 1340. The average molecular weight is 462 g/mol. The molecule has 33 heavy (non-hydrogen) atoms. The Morgan fingerprint density at radius 1 is 0.970 bits per heavy atom. The van der Waals surface area contributed by atoms with Crippen molar-refractivity contribution in [3.05, 3.63) is 80.4 Å². The number of hydrogen-bond donors (Lipinski definition) is 0. The quantitative estimate of drug-likeness (QED) is 0.316. The fourth-order valence-corrected chi connectivity index (χ4v) is 4.26. The number of aromatic nitrogens is 3. The topological polar surface area (TPSA) is 65.7 Å². The molecule has 0 aliphatic rings. The third kappa shape index (κ3) is 5.68. The van der Waals surface area contributed by atoms with Crippen molar-refractivity contribution in [3.63, 3.8) is 0 Å². The number of nitrogens with zero attached hydrogens (tertiary/aromatic N) is 3. The fourth-order valence-electron chi connectivity index (χ4n) is 3.34. The van der Waals surface area contributed by atoms with Crippen LogP contribution >= 0.6 is 11.3 Å². The highest BCUT2D eigenvalue weighted by molar-refractivity contribution is 7.15. The Morgan fingerprint density at radius 2 is 1.82 bits per heavy atom. The molecule has 0 saturated carbocycles. The van der Waals surface area contributed by atoms with Gasteiger partial charge in [-0.05, 0) is 48.8 Å². The van der Waals surface area contributed by atoms with E-state index in [2.05, 4.69) is 17.0 Å². The second-order valence-electron chi connectivity index (χ2n) is 7.52. The number of fused-ring (bicyclic) bond motifs is 1. The Hall–Kier alpha value is -3.45. The van der Waals surface area contributed by atoms with Gasteiger partial charge in [-0.2, -0.15) is 9.50 Å². The highest BCUT2D eigenvalue weighted by atomic mass is 32.1. The van der Waals surface area contributed by atoms with Crippen molar-refractivity contribution in [2.75, 3.05) is 13.2 Å². The number of hydrogen-bond acceptors (Lipinski definition) is 6. The molecule has 0 aliphatic heterocycles. The minimum absolute atomic E-state index is 0.181. The average Bonchev–Trinajstić information content (AvgIpc) is 3.36. The molecule has 2 heterocycles. The Morgan fingerprint density at radius 3 is 2.58 bits per heavy atom. The van der Waals surface area contributed by atoms with Gasteiger partial charge in [-0.1, -0.05) is 73.6 Å². The van der Waals surface area contributed by atoms with Crippen molar-refractivity contribution >= 4 is 34.5 Å². The first-order chi connectivity index (χ1) is 16.2. The molecule has 0 atom stereocenters. The lowest BCUT2D eigenvalue weighted by Crippen LogP contribution is -2.23. The summed E-state index contributed by atoms with van der Waals surface area (Å²) in [4.78, 5) is 17.9. The summed E-state index contributed by atoms with van der Waals surface area (Å²) >= 11 is 1.32. The molecule has 0 unspecified atom stereocenters. The molecule has 0 amide bonds. The number of thiazole rings is 1. The second-order valence-corrected chi connectivity index (χ2v) is 8.53. The molecule has 0 fully saturated rings. The first-order valence-electron chi connectivity index (χ1n) is 11.2. The third-order valence-corrected chi connectivity index (χ3v) is 5.95. The van der Waals surface area contributed by atoms with Crippen molar-refractivity contribution in [1.29, 1.82) is 0 Å². The predicted molar refractivity (Wildman–Crippen MR) is 134 cm³/mol. The number of rotatable bonds is 10. The van der Waals surface area contributed by atoms with E-state index in [0.29, 0.717) is 34.3 Å². The highest BCUT2D eigenvalue weighted by Crippen LogP contribution is 2.29. The van der Waals surface area contributed by atoms with Crippen LogP contribution in [0.15, 0.2) is 53.3 Å². The van der Waals surface area contributed by atoms with Crippen LogP contribution in [-0.4, -0.2) is 27.8 Å². The van der Waals surface area contributed by atoms with Gasteiger partial charge in [0.25, 0.3) is 5.56 Å². The molecule has 0 N–H and O–H groups in total. The molecule has 0 aliphatic carbocycles. The molecule has 2 aromatic heterocycles. The molecular weight excluding hydrogens is 434 g/mol. The van der Waals surface area contributed by atoms with E-state index in [1.54, 1.807) is 0 Å². The Balaban J connectivity index is 1.57. The molecule has 170 valence electrons. The summed E-state index contributed by atoms with van der Waals surface area (Å²) in [6.45, 7) is 5.31. The van der Waals surface area contributed by atoms with Gasteiger partial charge in [0.2, 0.25) is 4.96 Å². The summed E-state index contributed by atoms with van der Waals surface area (Å²) < 4.78 is 13.6. The van der Waals surface area contributed by atoms with Gasteiger partial charge in [0, 0.05) is 0 Å². The van der Waals surface area contributed by atoms with Crippen LogP contribution in [0.2, 0.25) is 0 Å². The Kier molecular flexibility index (Phi) is 7.52. The maximum absolute atomic E-state index is 12.9. The van der Waals surface area contributed by atoms with Gasteiger partial charge in [0.1, 0.15) is 0 Å². The summed E-state index contributed by atoms with van der Waals surface area (Å²) in [5, 5.41) is 4.35.